The number of hydrogen-bond acceptors (Lipinski definition) is 12. The van der Waals surface area contributed by atoms with Crippen LogP contribution in [0.1, 0.15) is 66.6 Å². The smallest absolute Gasteiger partial charge is 0.407 e. The minimum absolute atomic E-state index is 0.163. The fourth-order valence-electron chi connectivity index (χ4n) is 6.24. The van der Waals surface area contributed by atoms with Crippen LogP contribution in [0.2, 0.25) is 0 Å². The summed E-state index contributed by atoms with van der Waals surface area (Å²) < 4.78 is 14.4. The standard InChI is InChI=1S/C40H43N11O5S/c1-40(2,3)32-26-57-38(42-32)44-36(52)28-16-21-50-34(23-28)43-35(49-20-8-9-30(25-49)56-39(54)41-17-22-48-18-6-5-7-19-48)31(37(50)53)14-15-33-45-47-51(46-33)24-27-10-12-29(55-4)13-11-27/h5-7,10-16,18-19,21,23,26,30H,8-9,17,20,22,24-25H2,1-4H3,(H-,41,42,44,52,54)/p+1/t30-/m1/s1. The van der Waals surface area contributed by atoms with E-state index < -0.39 is 12.2 Å². The van der Waals surface area contributed by atoms with Crippen LogP contribution in [-0.4, -0.2) is 79.4 Å². The molecule has 5 aromatic heterocycles. The van der Waals surface area contributed by atoms with Crippen LogP contribution in [0.25, 0.3) is 17.8 Å². The number of benzene rings is 1. The molecule has 6 heterocycles. The lowest BCUT2D eigenvalue weighted by atomic mass is 9.93. The van der Waals surface area contributed by atoms with E-state index in [1.54, 1.807) is 31.4 Å². The molecule has 6 aromatic rings. The summed E-state index contributed by atoms with van der Waals surface area (Å²) in [6.07, 6.45) is 9.00. The second kappa shape index (κ2) is 17.1. The van der Waals surface area contributed by atoms with Crippen molar-refractivity contribution in [3.8, 4) is 5.75 Å². The first-order chi connectivity index (χ1) is 27.5. The van der Waals surface area contributed by atoms with Gasteiger partial charge in [0, 0.05) is 41.2 Å². The molecule has 57 heavy (non-hydrogen) atoms. The number of aromatic nitrogens is 8. The van der Waals surface area contributed by atoms with E-state index in [9.17, 15) is 14.4 Å². The molecule has 0 unspecified atom stereocenters. The van der Waals surface area contributed by atoms with Crippen molar-refractivity contribution in [3.05, 3.63) is 117 Å². The summed E-state index contributed by atoms with van der Waals surface area (Å²) in [5.41, 5.74) is 2.18. The highest BCUT2D eigenvalue weighted by Crippen LogP contribution is 2.27. The molecule has 0 bridgehead atoms. The fraction of sp³-hybridized carbons (Fsp3) is 0.325. The maximum Gasteiger partial charge on any atom is 0.407 e. The summed E-state index contributed by atoms with van der Waals surface area (Å²) in [5.74, 6) is 1.05. The van der Waals surface area contributed by atoms with Crippen LogP contribution in [0.4, 0.5) is 15.7 Å². The van der Waals surface area contributed by atoms with Gasteiger partial charge in [-0.1, -0.05) is 39.0 Å². The highest BCUT2D eigenvalue weighted by Gasteiger charge is 2.27. The van der Waals surface area contributed by atoms with E-state index in [2.05, 4.69) is 51.8 Å². The number of tetrazole rings is 1. The number of pyridine rings is 2. The van der Waals surface area contributed by atoms with Gasteiger partial charge < -0.3 is 19.7 Å². The molecular formula is C40H44N11O5S+. The van der Waals surface area contributed by atoms with Crippen molar-refractivity contribution in [3.63, 3.8) is 0 Å². The molecule has 2 amide bonds. The molecule has 1 fully saturated rings. The molecule has 1 atom stereocenters. The average molecular weight is 791 g/mol. The molecule has 17 heteroatoms. The summed E-state index contributed by atoms with van der Waals surface area (Å²) in [7, 11) is 1.61. The number of hydrogen-bond donors (Lipinski definition) is 2. The molecule has 1 aliphatic rings. The summed E-state index contributed by atoms with van der Waals surface area (Å²) in [6, 6.07) is 16.5. The first-order valence-corrected chi connectivity index (χ1v) is 19.5. The summed E-state index contributed by atoms with van der Waals surface area (Å²) >= 11 is 1.35. The van der Waals surface area contributed by atoms with E-state index in [1.165, 1.54) is 26.7 Å². The van der Waals surface area contributed by atoms with E-state index >= 15 is 0 Å². The van der Waals surface area contributed by atoms with Crippen LogP contribution < -0.4 is 30.4 Å². The Hall–Kier alpha value is -6.49. The maximum atomic E-state index is 14.2. The number of fused-ring (bicyclic) bond motifs is 1. The van der Waals surface area contributed by atoms with Gasteiger partial charge in [0.15, 0.2) is 29.9 Å². The summed E-state index contributed by atoms with van der Waals surface area (Å²) in [4.78, 5) is 53.4. The predicted molar refractivity (Wildman–Crippen MR) is 215 cm³/mol. The van der Waals surface area contributed by atoms with Crippen molar-refractivity contribution < 1.29 is 23.6 Å². The number of nitrogens with zero attached hydrogens (tertiary/aromatic N) is 9. The zero-order valence-corrected chi connectivity index (χ0v) is 33.0. The van der Waals surface area contributed by atoms with Crippen molar-refractivity contribution >= 4 is 52.1 Å². The molecule has 2 N–H and O–H groups in total. The van der Waals surface area contributed by atoms with Crippen molar-refractivity contribution in [2.45, 2.75) is 58.2 Å². The minimum Gasteiger partial charge on any atom is -0.497 e. The monoisotopic (exact) mass is 790 g/mol. The number of rotatable bonds is 12. The number of alkyl carbamates (subject to hydrolysis) is 1. The molecule has 1 saturated heterocycles. The van der Waals surface area contributed by atoms with Gasteiger partial charge in [0.05, 0.1) is 38.0 Å². The zero-order chi connectivity index (χ0) is 39.9. The first-order valence-electron chi connectivity index (χ1n) is 18.6. The Balaban J connectivity index is 1.14. The van der Waals surface area contributed by atoms with Gasteiger partial charge in [-0.25, -0.2) is 19.3 Å². The van der Waals surface area contributed by atoms with Gasteiger partial charge in [-0.2, -0.15) is 4.80 Å². The lowest BCUT2D eigenvalue weighted by Crippen LogP contribution is -2.45. The van der Waals surface area contributed by atoms with Crippen LogP contribution in [0.3, 0.4) is 0 Å². The number of ether oxygens (including phenoxy) is 2. The van der Waals surface area contributed by atoms with Gasteiger partial charge in [0.25, 0.3) is 11.5 Å². The number of anilines is 2. The number of nitrogens with one attached hydrogen (secondary N) is 2. The molecular weight excluding hydrogens is 747 g/mol. The van der Waals surface area contributed by atoms with Crippen LogP contribution in [0, 0.1) is 0 Å². The SMILES string of the molecule is COc1ccc(Cn2nnc(C=Cc3c(N4CCC[C@@H](OC(=O)NCC[n+]5ccccc5)C4)nc4cc(C(=O)Nc5nc(C(C)(C)C)cs5)ccn4c3=O)n2)cc1. The Bertz CT molecular complexity index is 2440. The van der Waals surface area contributed by atoms with Crippen molar-refractivity contribution in [1.82, 2.24) is 39.9 Å². The Kier molecular flexibility index (Phi) is 11.6. The third kappa shape index (κ3) is 9.67. The Morgan fingerprint density at radius 2 is 1.88 bits per heavy atom. The molecule has 0 spiro atoms. The maximum absolute atomic E-state index is 14.2. The molecule has 7 rings (SSSR count). The van der Waals surface area contributed by atoms with Gasteiger partial charge in [0.1, 0.15) is 23.3 Å². The second-order valence-corrected chi connectivity index (χ2v) is 15.4. The van der Waals surface area contributed by atoms with Gasteiger partial charge in [-0.3, -0.25) is 19.3 Å². The zero-order valence-electron chi connectivity index (χ0n) is 32.2. The van der Waals surface area contributed by atoms with E-state index in [-0.39, 0.29) is 28.1 Å². The van der Waals surface area contributed by atoms with Gasteiger partial charge in [-0.05, 0) is 60.0 Å². The average Bonchev–Trinajstić information content (AvgIpc) is 3.88. The van der Waals surface area contributed by atoms with Gasteiger partial charge >= 0.3 is 6.09 Å². The molecule has 0 aliphatic carbocycles. The normalized spacial score (nSPS) is 14.5. The lowest BCUT2D eigenvalue weighted by molar-refractivity contribution is -0.694. The van der Waals surface area contributed by atoms with Crippen LogP contribution in [0.5, 0.6) is 5.75 Å². The summed E-state index contributed by atoms with van der Waals surface area (Å²) in [5, 5.41) is 21.0. The Morgan fingerprint density at radius 1 is 1.07 bits per heavy atom. The number of thiazole rings is 1. The molecule has 0 radical (unpaired) electrons. The largest absolute Gasteiger partial charge is 0.497 e. The molecule has 1 aliphatic heterocycles. The van der Waals surface area contributed by atoms with Crippen molar-refractivity contribution in [1.29, 1.82) is 0 Å². The van der Waals surface area contributed by atoms with Crippen molar-refractivity contribution in [2.24, 2.45) is 0 Å². The van der Waals surface area contributed by atoms with Crippen LogP contribution >= 0.6 is 11.3 Å². The van der Waals surface area contributed by atoms with Gasteiger partial charge in [-0.15, -0.1) is 21.5 Å². The van der Waals surface area contributed by atoms with Gasteiger partial charge in [0.2, 0.25) is 0 Å². The third-order valence-corrected chi connectivity index (χ3v) is 10.1. The Labute approximate surface area is 332 Å². The number of piperidine rings is 1. The first kappa shape index (κ1) is 38.8. The van der Waals surface area contributed by atoms with Crippen molar-refractivity contribution in [2.75, 3.05) is 37.0 Å². The van der Waals surface area contributed by atoms with E-state index in [0.29, 0.717) is 67.9 Å². The third-order valence-electron chi connectivity index (χ3n) is 9.32. The second-order valence-electron chi connectivity index (χ2n) is 14.6. The molecule has 16 nitrogen and oxygen atoms in total. The van der Waals surface area contributed by atoms with Crippen LogP contribution in [-0.2, 0) is 23.2 Å². The number of carbonyl (C=O) groups is 2. The lowest BCUT2D eigenvalue weighted by Gasteiger charge is -2.33. The number of amides is 2. The Morgan fingerprint density at radius 3 is 2.63 bits per heavy atom. The number of methoxy groups -OCH3 is 1. The highest BCUT2D eigenvalue weighted by atomic mass is 32.1. The highest BCUT2D eigenvalue weighted by molar-refractivity contribution is 7.14. The minimum atomic E-state index is -0.514. The predicted octanol–water partition coefficient (Wildman–Crippen LogP) is 4.60. The molecule has 294 valence electrons. The van der Waals surface area contributed by atoms with E-state index in [4.69, 9.17) is 14.5 Å². The van der Waals surface area contributed by atoms with E-state index in [0.717, 1.165) is 17.0 Å². The summed E-state index contributed by atoms with van der Waals surface area (Å²) in [6.45, 7) is 8.43. The molecule has 0 saturated carbocycles. The van der Waals surface area contributed by atoms with E-state index in [1.807, 2.05) is 69.7 Å². The van der Waals surface area contributed by atoms with Crippen LogP contribution in [0.15, 0.2) is 83.4 Å². The topological polar surface area (TPSA) is 175 Å². The fourth-order valence-corrected chi connectivity index (χ4v) is 7.18. The quantitative estimate of drug-likeness (QED) is 0.166. The number of carbonyl (C=O) groups excluding carboxylic acids is 2. The molecule has 1 aromatic carbocycles.